The number of ether oxygens (including phenoxy) is 2. The molecule has 1 atom stereocenters. The number of nitrogens with zero attached hydrogens (tertiary/aromatic N) is 1. The van der Waals surface area contributed by atoms with Crippen molar-refractivity contribution >= 4 is 17.7 Å². The third-order valence-corrected chi connectivity index (χ3v) is 7.05. The molecule has 0 spiro atoms. The van der Waals surface area contributed by atoms with Gasteiger partial charge in [0.05, 0.1) is 0 Å². The number of rotatable bonds is 4. The zero-order valence-electron chi connectivity index (χ0n) is 20.5. The lowest BCUT2D eigenvalue weighted by molar-refractivity contribution is -0.122. The Hall–Kier alpha value is -3.56. The average Bonchev–Trinajstić information content (AvgIpc) is 3.15. The molecule has 10 heteroatoms. The average molecular weight is 488 g/mol. The van der Waals surface area contributed by atoms with E-state index in [4.69, 9.17) is 14.6 Å². The number of aromatic nitrogens is 1. The number of H-pyrrole nitrogens is 1. The van der Waals surface area contributed by atoms with Crippen molar-refractivity contribution in [1.82, 2.24) is 10.3 Å². The van der Waals surface area contributed by atoms with E-state index < -0.39 is 29.2 Å². The van der Waals surface area contributed by atoms with Crippen molar-refractivity contribution in [3.63, 3.8) is 0 Å². The molecule has 1 aromatic heterocycles. The Labute approximate surface area is 202 Å². The molecule has 0 bridgehead atoms. The molecular weight excluding hydrogens is 457 g/mol. The highest BCUT2D eigenvalue weighted by atomic mass is 19.1. The van der Waals surface area contributed by atoms with Crippen molar-refractivity contribution in [2.24, 2.45) is 5.92 Å². The molecule has 2 aliphatic rings. The van der Waals surface area contributed by atoms with Crippen LogP contribution in [0.1, 0.15) is 59.8 Å². The predicted octanol–water partition coefficient (Wildman–Crippen LogP) is 4.03. The van der Waals surface area contributed by atoms with Crippen LogP contribution in [-0.4, -0.2) is 41.0 Å². The van der Waals surface area contributed by atoms with Crippen molar-refractivity contribution < 1.29 is 28.6 Å². The molecule has 0 radical (unpaired) electrons. The maximum absolute atomic E-state index is 15.2. The van der Waals surface area contributed by atoms with E-state index in [0.29, 0.717) is 42.5 Å². The number of anilines is 1. The third kappa shape index (κ3) is 4.44. The fourth-order valence-electron chi connectivity index (χ4n) is 5.22. The molecule has 4 rings (SSSR count). The summed E-state index contributed by atoms with van der Waals surface area (Å²) < 4.78 is 27.3. The smallest absolute Gasteiger partial charge is 0.404 e. The molecule has 35 heavy (non-hydrogen) atoms. The minimum absolute atomic E-state index is 0.0423. The SMILES string of the molecule is Cc1cc(C)c(N(C)C(=O)c2cc(F)c3c(c2C)OC(C)(C2CCC(NC(=O)O)CC2)O3)c(=O)[nH]1. The molecule has 2 heterocycles. The van der Waals surface area contributed by atoms with Crippen LogP contribution in [0.25, 0.3) is 0 Å². The number of aryl methyl sites for hydroxylation is 2. The molecule has 1 saturated carbocycles. The van der Waals surface area contributed by atoms with Gasteiger partial charge in [0.2, 0.25) is 5.75 Å². The van der Waals surface area contributed by atoms with Gasteiger partial charge in [0, 0.05) is 42.8 Å². The van der Waals surface area contributed by atoms with Crippen LogP contribution in [0.15, 0.2) is 16.9 Å². The van der Waals surface area contributed by atoms with Gasteiger partial charge in [-0.15, -0.1) is 0 Å². The highest BCUT2D eigenvalue weighted by Crippen LogP contribution is 2.49. The molecule has 1 aliphatic carbocycles. The molecule has 3 N–H and O–H groups in total. The number of aromatic amines is 1. The van der Waals surface area contributed by atoms with E-state index in [0.717, 1.165) is 6.07 Å². The van der Waals surface area contributed by atoms with Gasteiger partial charge in [-0.05, 0) is 64.2 Å². The molecule has 1 unspecified atom stereocenters. The summed E-state index contributed by atoms with van der Waals surface area (Å²) in [6.45, 7) is 6.89. The summed E-state index contributed by atoms with van der Waals surface area (Å²) in [6.07, 6.45) is 1.47. The Morgan fingerprint density at radius 1 is 1.14 bits per heavy atom. The van der Waals surface area contributed by atoms with Gasteiger partial charge < -0.3 is 29.8 Å². The lowest BCUT2D eigenvalue weighted by atomic mass is 9.81. The predicted molar refractivity (Wildman–Crippen MR) is 127 cm³/mol. The van der Waals surface area contributed by atoms with Crippen LogP contribution in [0.5, 0.6) is 11.5 Å². The number of benzene rings is 1. The van der Waals surface area contributed by atoms with Gasteiger partial charge in [0.15, 0.2) is 11.6 Å². The molecular formula is C25H30FN3O6. The summed E-state index contributed by atoms with van der Waals surface area (Å²) >= 11 is 0. The lowest BCUT2D eigenvalue weighted by Crippen LogP contribution is -2.47. The van der Waals surface area contributed by atoms with Gasteiger partial charge in [-0.25, -0.2) is 9.18 Å². The Morgan fingerprint density at radius 2 is 1.77 bits per heavy atom. The largest absolute Gasteiger partial charge is 0.465 e. The second-order valence-corrected chi connectivity index (χ2v) is 9.58. The minimum atomic E-state index is -1.14. The number of carbonyl (C=O) groups is 2. The maximum Gasteiger partial charge on any atom is 0.404 e. The number of nitrogens with one attached hydrogen (secondary N) is 2. The van der Waals surface area contributed by atoms with E-state index in [1.54, 1.807) is 33.8 Å². The summed E-state index contributed by atoms with van der Waals surface area (Å²) in [5.41, 5.74) is 1.58. The van der Waals surface area contributed by atoms with Crippen LogP contribution in [0, 0.1) is 32.5 Å². The van der Waals surface area contributed by atoms with E-state index in [9.17, 15) is 14.4 Å². The van der Waals surface area contributed by atoms with Crippen LogP contribution < -0.4 is 25.2 Å². The fourth-order valence-corrected chi connectivity index (χ4v) is 5.22. The second kappa shape index (κ2) is 8.90. The highest BCUT2D eigenvalue weighted by Gasteiger charge is 2.48. The van der Waals surface area contributed by atoms with Crippen LogP contribution in [0.3, 0.4) is 0 Å². The standard InChI is InChI=1S/C25H30FN3O6/c1-12-10-13(2)27-22(30)19(12)29(5)23(31)17-11-18(26)21-20(14(17)3)34-25(4,35-21)15-6-8-16(9-7-15)28-24(32)33/h10-11,15-16,28H,6-9H2,1-5H3,(H,27,30)(H,32,33). The van der Waals surface area contributed by atoms with Crippen molar-refractivity contribution in [2.45, 2.75) is 65.2 Å². The molecule has 2 aromatic rings. The summed E-state index contributed by atoms with van der Waals surface area (Å²) in [5.74, 6) is -2.36. The highest BCUT2D eigenvalue weighted by molar-refractivity contribution is 6.07. The van der Waals surface area contributed by atoms with Gasteiger partial charge in [-0.3, -0.25) is 9.59 Å². The molecule has 1 fully saturated rings. The third-order valence-electron chi connectivity index (χ3n) is 7.05. The number of fused-ring (bicyclic) bond motifs is 1. The monoisotopic (exact) mass is 487 g/mol. The molecule has 188 valence electrons. The molecule has 1 aromatic carbocycles. The van der Waals surface area contributed by atoms with Crippen LogP contribution in [0.4, 0.5) is 14.9 Å². The van der Waals surface area contributed by atoms with Crippen molar-refractivity contribution in [2.75, 3.05) is 11.9 Å². The summed E-state index contributed by atoms with van der Waals surface area (Å²) in [7, 11) is 1.48. The minimum Gasteiger partial charge on any atom is -0.465 e. The first-order valence-electron chi connectivity index (χ1n) is 11.6. The molecule has 1 aliphatic heterocycles. The number of halogens is 1. The maximum atomic E-state index is 15.2. The Bertz CT molecular complexity index is 1250. The van der Waals surface area contributed by atoms with E-state index in [1.165, 1.54) is 11.9 Å². The summed E-state index contributed by atoms with van der Waals surface area (Å²) in [4.78, 5) is 40.7. The summed E-state index contributed by atoms with van der Waals surface area (Å²) in [6, 6.07) is 2.75. The first kappa shape index (κ1) is 24.6. The number of pyridine rings is 1. The van der Waals surface area contributed by atoms with Crippen molar-refractivity contribution in [3.8, 4) is 11.5 Å². The van der Waals surface area contributed by atoms with Crippen LogP contribution in [0.2, 0.25) is 0 Å². The van der Waals surface area contributed by atoms with Gasteiger partial charge in [0.1, 0.15) is 5.69 Å². The number of carboxylic acid groups (broad SMARTS) is 1. The lowest BCUT2D eigenvalue weighted by Gasteiger charge is -2.37. The van der Waals surface area contributed by atoms with Gasteiger partial charge in [0.25, 0.3) is 17.3 Å². The van der Waals surface area contributed by atoms with E-state index in [-0.39, 0.29) is 34.7 Å². The van der Waals surface area contributed by atoms with Gasteiger partial charge in [-0.1, -0.05) is 0 Å². The van der Waals surface area contributed by atoms with E-state index in [2.05, 4.69) is 10.3 Å². The van der Waals surface area contributed by atoms with Crippen molar-refractivity contribution in [3.05, 3.63) is 50.7 Å². The molecule has 9 nitrogen and oxygen atoms in total. The quantitative estimate of drug-likeness (QED) is 0.599. The fraction of sp³-hybridized carbons (Fsp3) is 0.480. The Morgan fingerprint density at radius 3 is 2.37 bits per heavy atom. The zero-order valence-corrected chi connectivity index (χ0v) is 20.5. The first-order valence-corrected chi connectivity index (χ1v) is 11.6. The second-order valence-electron chi connectivity index (χ2n) is 9.58. The Kier molecular flexibility index (Phi) is 6.25. The van der Waals surface area contributed by atoms with E-state index in [1.807, 2.05) is 0 Å². The van der Waals surface area contributed by atoms with Crippen molar-refractivity contribution in [1.29, 1.82) is 0 Å². The molecule has 0 saturated heterocycles. The normalized spacial score (nSPS) is 23.1. The van der Waals surface area contributed by atoms with Crippen LogP contribution >= 0.6 is 0 Å². The number of hydrogen-bond donors (Lipinski definition) is 3. The zero-order chi connectivity index (χ0) is 25.7. The Balaban J connectivity index is 1.59. The number of amides is 2. The van der Waals surface area contributed by atoms with Crippen LogP contribution in [-0.2, 0) is 0 Å². The summed E-state index contributed by atoms with van der Waals surface area (Å²) in [5, 5.41) is 11.5. The van der Waals surface area contributed by atoms with E-state index >= 15 is 4.39 Å². The number of carbonyl (C=O) groups excluding carboxylic acids is 1. The molecule has 2 amide bonds. The number of hydrogen-bond acceptors (Lipinski definition) is 5. The first-order chi connectivity index (χ1) is 16.4. The van der Waals surface area contributed by atoms with Gasteiger partial charge in [-0.2, -0.15) is 0 Å². The van der Waals surface area contributed by atoms with Gasteiger partial charge >= 0.3 is 6.09 Å². The topological polar surface area (TPSA) is 121 Å².